The highest BCUT2D eigenvalue weighted by Gasteiger charge is 2.33. The van der Waals surface area contributed by atoms with E-state index in [-0.39, 0.29) is 17.2 Å². The van der Waals surface area contributed by atoms with Gasteiger partial charge in [-0.2, -0.15) is 0 Å². The van der Waals surface area contributed by atoms with Gasteiger partial charge >= 0.3 is 6.36 Å². The van der Waals surface area contributed by atoms with Crippen molar-refractivity contribution in [1.29, 1.82) is 0 Å². The molecule has 3 rings (SSSR count). The summed E-state index contributed by atoms with van der Waals surface area (Å²) in [4.78, 5) is 16.7. The summed E-state index contributed by atoms with van der Waals surface area (Å²) >= 11 is 3.78. The number of thiol groups is 1. The maximum absolute atomic E-state index is 12.8. The predicted octanol–water partition coefficient (Wildman–Crippen LogP) is 4.23. The molecule has 2 aromatic rings. The topological polar surface area (TPSA) is 44.8 Å². The number of nitrogens with zero attached hydrogens (tertiary/aromatic N) is 2. The van der Waals surface area contributed by atoms with Crippen molar-refractivity contribution in [1.82, 2.24) is 9.80 Å². The lowest BCUT2D eigenvalue weighted by Crippen LogP contribution is -2.48. The molecule has 9 heteroatoms. The van der Waals surface area contributed by atoms with E-state index >= 15 is 0 Å². The van der Waals surface area contributed by atoms with Gasteiger partial charge in [-0.15, -0.1) is 13.2 Å². The predicted molar refractivity (Wildman–Crippen MR) is 113 cm³/mol. The zero-order valence-corrected chi connectivity index (χ0v) is 17.3. The van der Waals surface area contributed by atoms with Gasteiger partial charge in [0.1, 0.15) is 0 Å². The van der Waals surface area contributed by atoms with Crippen LogP contribution in [0.3, 0.4) is 0 Å². The first kappa shape index (κ1) is 22.3. The van der Waals surface area contributed by atoms with Crippen molar-refractivity contribution in [3.8, 4) is 5.75 Å². The number of piperazine rings is 1. The summed E-state index contributed by atoms with van der Waals surface area (Å²) in [6.07, 6.45) is -2.81. The van der Waals surface area contributed by atoms with Crippen molar-refractivity contribution < 1.29 is 22.7 Å². The van der Waals surface area contributed by atoms with E-state index in [0.717, 1.165) is 38.5 Å². The van der Waals surface area contributed by atoms with Gasteiger partial charge in [-0.3, -0.25) is 9.69 Å². The highest BCUT2D eigenvalue weighted by molar-refractivity contribution is 7.81. The molecular formula is C21H24F3N3O2S. The second-order valence-electron chi connectivity index (χ2n) is 7.09. The smallest absolute Gasteiger partial charge is 0.404 e. The number of ether oxygens (including phenoxy) is 1. The zero-order chi connectivity index (χ0) is 21.6. The van der Waals surface area contributed by atoms with Gasteiger partial charge in [0.2, 0.25) is 0 Å². The number of halogens is 3. The Balaban J connectivity index is 1.52. The first-order chi connectivity index (χ1) is 14.4. The fourth-order valence-corrected chi connectivity index (χ4v) is 3.65. The van der Waals surface area contributed by atoms with Gasteiger partial charge in [0.05, 0.1) is 5.69 Å². The number of carbonyl (C=O) groups excluding carboxylic acids is 1. The average molecular weight is 440 g/mol. The fraction of sp³-hybridized carbons (Fsp3) is 0.381. The molecule has 1 N–H and O–H groups in total. The van der Waals surface area contributed by atoms with Gasteiger partial charge in [0.15, 0.2) is 5.75 Å². The van der Waals surface area contributed by atoms with E-state index in [4.69, 9.17) is 0 Å². The largest absolute Gasteiger partial charge is 0.573 e. The molecule has 0 bridgehead atoms. The van der Waals surface area contributed by atoms with Crippen molar-refractivity contribution in [3.05, 3.63) is 59.7 Å². The van der Waals surface area contributed by atoms with Gasteiger partial charge in [0, 0.05) is 31.7 Å². The standard InChI is InChI=1S/C21H24F3N3O2S/c22-21(23,24)29-19-15-17(8-9-18(19)25-30)20(28)27-13-11-26(12-14-27)10-4-7-16-5-2-1-3-6-16/h1-3,5-6,8-9,15,25,30H,4,7,10-14H2. The molecule has 1 amide bonds. The summed E-state index contributed by atoms with van der Waals surface area (Å²) in [5.41, 5.74) is 1.50. The summed E-state index contributed by atoms with van der Waals surface area (Å²) in [6.45, 7) is 3.49. The number of alkyl halides is 3. The van der Waals surface area contributed by atoms with Crippen LogP contribution >= 0.6 is 12.8 Å². The third-order valence-corrected chi connectivity index (χ3v) is 5.26. The van der Waals surface area contributed by atoms with E-state index in [9.17, 15) is 18.0 Å². The van der Waals surface area contributed by atoms with Gasteiger partial charge in [-0.1, -0.05) is 43.1 Å². The average Bonchev–Trinajstić information content (AvgIpc) is 2.73. The second-order valence-corrected chi connectivity index (χ2v) is 7.32. The number of nitrogens with one attached hydrogen (secondary N) is 1. The number of anilines is 1. The molecule has 1 fully saturated rings. The van der Waals surface area contributed by atoms with Gasteiger partial charge < -0.3 is 14.4 Å². The molecule has 1 aliphatic rings. The SMILES string of the molecule is O=C(c1ccc(NS)c(OC(F)(F)F)c1)N1CCN(CCCc2ccccc2)CC1. The number of aryl methyl sites for hydroxylation is 1. The molecule has 0 unspecified atom stereocenters. The van der Waals surface area contributed by atoms with Crippen LogP contribution in [-0.2, 0) is 6.42 Å². The number of benzene rings is 2. The van der Waals surface area contributed by atoms with E-state index in [1.54, 1.807) is 4.90 Å². The minimum atomic E-state index is -4.85. The number of amides is 1. The monoisotopic (exact) mass is 439 g/mol. The van der Waals surface area contributed by atoms with Crippen LogP contribution < -0.4 is 9.46 Å². The van der Waals surface area contributed by atoms with Gasteiger partial charge in [-0.05, 0) is 43.1 Å². The summed E-state index contributed by atoms with van der Waals surface area (Å²) in [5, 5.41) is 0. The maximum atomic E-state index is 12.8. The summed E-state index contributed by atoms with van der Waals surface area (Å²) in [7, 11) is 0. The minimum Gasteiger partial charge on any atom is -0.404 e. The maximum Gasteiger partial charge on any atom is 0.573 e. The quantitative estimate of drug-likeness (QED) is 0.634. The van der Waals surface area contributed by atoms with Gasteiger partial charge in [0.25, 0.3) is 5.91 Å². The van der Waals surface area contributed by atoms with Gasteiger partial charge in [-0.25, -0.2) is 0 Å². The van der Waals surface area contributed by atoms with Crippen LogP contribution in [0.4, 0.5) is 18.9 Å². The lowest BCUT2D eigenvalue weighted by molar-refractivity contribution is -0.274. The van der Waals surface area contributed by atoms with Crippen LogP contribution in [-0.4, -0.2) is 54.8 Å². The van der Waals surface area contributed by atoms with Crippen molar-refractivity contribution in [3.63, 3.8) is 0 Å². The Morgan fingerprint density at radius 3 is 2.40 bits per heavy atom. The molecule has 1 heterocycles. The number of carbonyl (C=O) groups is 1. The Bertz CT molecular complexity index is 841. The van der Waals surface area contributed by atoms with Crippen molar-refractivity contribution in [2.45, 2.75) is 19.2 Å². The molecule has 1 saturated heterocycles. The molecule has 0 radical (unpaired) electrons. The molecule has 30 heavy (non-hydrogen) atoms. The number of hydrogen-bond donors (Lipinski definition) is 2. The number of hydrogen-bond acceptors (Lipinski definition) is 5. The van der Waals surface area contributed by atoms with E-state index in [0.29, 0.717) is 13.1 Å². The Kier molecular flexibility index (Phi) is 7.49. The molecular weight excluding hydrogens is 415 g/mol. The third-order valence-electron chi connectivity index (χ3n) is 5.02. The molecule has 0 atom stereocenters. The minimum absolute atomic E-state index is 0.0374. The molecule has 5 nitrogen and oxygen atoms in total. The highest BCUT2D eigenvalue weighted by Crippen LogP contribution is 2.32. The lowest BCUT2D eigenvalue weighted by atomic mass is 10.1. The molecule has 0 spiro atoms. The lowest BCUT2D eigenvalue weighted by Gasteiger charge is -2.35. The first-order valence-electron chi connectivity index (χ1n) is 9.71. The van der Waals surface area contributed by atoms with Crippen LogP contribution in [0.5, 0.6) is 5.75 Å². The summed E-state index contributed by atoms with van der Waals surface area (Å²) < 4.78 is 44.2. The van der Waals surface area contributed by atoms with E-state index in [2.05, 4.69) is 39.3 Å². The van der Waals surface area contributed by atoms with Crippen LogP contribution in [0.25, 0.3) is 0 Å². The third kappa shape index (κ3) is 6.30. The van der Waals surface area contributed by atoms with Crippen LogP contribution in [0.2, 0.25) is 0 Å². The zero-order valence-electron chi connectivity index (χ0n) is 16.4. The summed E-state index contributed by atoms with van der Waals surface area (Å²) in [6, 6.07) is 14.2. The van der Waals surface area contributed by atoms with Crippen LogP contribution in [0, 0.1) is 0 Å². The fourth-order valence-electron chi connectivity index (χ4n) is 3.47. The highest BCUT2D eigenvalue weighted by atomic mass is 32.1. The Labute approximate surface area is 179 Å². The first-order valence-corrected chi connectivity index (χ1v) is 10.2. The van der Waals surface area contributed by atoms with Crippen molar-refractivity contribution in [2.24, 2.45) is 0 Å². The van der Waals surface area contributed by atoms with E-state index < -0.39 is 12.1 Å². The van der Waals surface area contributed by atoms with E-state index in [1.807, 2.05) is 18.2 Å². The Morgan fingerprint density at radius 1 is 1.07 bits per heavy atom. The van der Waals surface area contributed by atoms with Crippen LogP contribution in [0.1, 0.15) is 22.3 Å². The second kappa shape index (κ2) is 10.1. The van der Waals surface area contributed by atoms with Crippen molar-refractivity contribution >= 4 is 24.4 Å². The van der Waals surface area contributed by atoms with Crippen LogP contribution in [0.15, 0.2) is 48.5 Å². The Morgan fingerprint density at radius 2 is 1.77 bits per heavy atom. The molecule has 162 valence electrons. The molecule has 2 aromatic carbocycles. The molecule has 0 aliphatic carbocycles. The number of rotatable bonds is 7. The molecule has 0 saturated carbocycles. The van der Waals surface area contributed by atoms with E-state index in [1.165, 1.54) is 17.7 Å². The van der Waals surface area contributed by atoms with Crippen molar-refractivity contribution in [2.75, 3.05) is 37.4 Å². The summed E-state index contributed by atoms with van der Waals surface area (Å²) in [5.74, 6) is -0.792. The Hall–Kier alpha value is -2.39. The molecule has 1 aliphatic heterocycles. The normalized spacial score (nSPS) is 15.1. The molecule has 0 aromatic heterocycles.